The fourth-order valence-electron chi connectivity index (χ4n) is 1.83. The van der Waals surface area contributed by atoms with Crippen LogP contribution in [0.5, 0.6) is 0 Å². The van der Waals surface area contributed by atoms with E-state index in [2.05, 4.69) is 20.3 Å². The maximum Gasteiger partial charge on any atom is 0.328 e. The molecule has 21 heavy (non-hydrogen) atoms. The van der Waals surface area contributed by atoms with Crippen molar-refractivity contribution >= 4 is 29.5 Å². The molecule has 1 aliphatic rings. The predicted octanol–water partition coefficient (Wildman–Crippen LogP) is 0.725. The van der Waals surface area contributed by atoms with E-state index in [0.717, 1.165) is 0 Å². The molecule has 0 saturated carbocycles. The lowest BCUT2D eigenvalue weighted by Gasteiger charge is -2.26. The Kier molecular flexibility index (Phi) is 5.51. The highest BCUT2D eigenvalue weighted by Crippen LogP contribution is 2.15. The van der Waals surface area contributed by atoms with Gasteiger partial charge >= 0.3 is 5.97 Å². The van der Waals surface area contributed by atoms with Crippen LogP contribution < -0.4 is 10.2 Å². The second-order valence-electron chi connectivity index (χ2n) is 4.45. The van der Waals surface area contributed by atoms with Crippen LogP contribution in [-0.2, 0) is 14.3 Å². The molecule has 1 atom stereocenters. The van der Waals surface area contributed by atoms with E-state index < -0.39 is 6.04 Å². The molecule has 0 radical (unpaired) electrons. The Hall–Kier alpha value is -1.67. The molecular weight excluding hydrogens is 298 g/mol. The maximum atomic E-state index is 11.6. The first kappa shape index (κ1) is 15.7. The highest BCUT2D eigenvalue weighted by atomic mass is 35.5. The second kappa shape index (κ2) is 7.37. The van der Waals surface area contributed by atoms with Gasteiger partial charge in [-0.25, -0.2) is 4.79 Å². The molecule has 9 heteroatoms. The molecule has 1 unspecified atom stereocenters. The number of hydrogen-bond acceptors (Lipinski definition) is 8. The molecule has 1 fully saturated rings. The molecule has 1 aromatic rings. The zero-order valence-electron chi connectivity index (χ0n) is 12.0. The number of esters is 1. The topological polar surface area (TPSA) is 89.5 Å². The average molecular weight is 316 g/mol. The molecule has 0 spiro atoms. The van der Waals surface area contributed by atoms with E-state index in [1.54, 1.807) is 13.8 Å². The van der Waals surface area contributed by atoms with Gasteiger partial charge in [-0.15, -0.1) is 0 Å². The van der Waals surface area contributed by atoms with Gasteiger partial charge in [0.1, 0.15) is 6.04 Å². The standard InChI is InChI=1S/C12H18ClN5O3/c1-3-21-9(19)8(2)14-11-15-10(13)16-12(17-11)18-4-6-20-7-5-18/h8H,3-7H2,1-2H3,(H,14,15,16,17). The molecular formula is C12H18ClN5O3. The van der Waals surface area contributed by atoms with Gasteiger partial charge in [-0.2, -0.15) is 15.0 Å². The molecule has 0 aromatic carbocycles. The zero-order valence-corrected chi connectivity index (χ0v) is 12.8. The van der Waals surface area contributed by atoms with Gasteiger partial charge in [0.25, 0.3) is 0 Å². The summed E-state index contributed by atoms with van der Waals surface area (Å²) < 4.78 is 10.2. The molecule has 8 nitrogen and oxygen atoms in total. The van der Waals surface area contributed by atoms with Crippen LogP contribution in [0.2, 0.25) is 5.28 Å². The van der Waals surface area contributed by atoms with Gasteiger partial charge in [0.2, 0.25) is 17.2 Å². The number of aromatic nitrogens is 3. The van der Waals surface area contributed by atoms with Crippen molar-refractivity contribution in [3.8, 4) is 0 Å². The Morgan fingerprint density at radius 1 is 1.43 bits per heavy atom. The van der Waals surface area contributed by atoms with Crippen LogP contribution in [0.1, 0.15) is 13.8 Å². The van der Waals surface area contributed by atoms with Crippen LogP contribution >= 0.6 is 11.6 Å². The smallest absolute Gasteiger partial charge is 0.328 e. The van der Waals surface area contributed by atoms with Gasteiger partial charge in [-0.1, -0.05) is 0 Å². The number of rotatable bonds is 5. The maximum absolute atomic E-state index is 11.6. The van der Waals surface area contributed by atoms with Crippen molar-refractivity contribution < 1.29 is 14.3 Å². The first-order valence-corrected chi connectivity index (χ1v) is 7.15. The minimum Gasteiger partial charge on any atom is -0.464 e. The molecule has 0 amide bonds. The summed E-state index contributed by atoms with van der Waals surface area (Å²) in [7, 11) is 0. The van der Waals surface area contributed by atoms with Crippen LogP contribution in [0, 0.1) is 0 Å². The van der Waals surface area contributed by atoms with Crippen LogP contribution in [-0.4, -0.2) is 59.9 Å². The summed E-state index contributed by atoms with van der Waals surface area (Å²) in [5.74, 6) is 0.343. The molecule has 1 aliphatic heterocycles. The molecule has 116 valence electrons. The summed E-state index contributed by atoms with van der Waals surface area (Å²) in [4.78, 5) is 25.9. The number of morpholine rings is 1. The number of nitrogens with zero attached hydrogens (tertiary/aromatic N) is 4. The van der Waals surface area contributed by atoms with Gasteiger partial charge < -0.3 is 19.7 Å². The minimum absolute atomic E-state index is 0.0741. The number of anilines is 2. The number of halogens is 1. The predicted molar refractivity (Wildman–Crippen MR) is 77.6 cm³/mol. The van der Waals surface area contributed by atoms with Crippen molar-refractivity contribution in [2.75, 3.05) is 43.1 Å². The lowest BCUT2D eigenvalue weighted by molar-refractivity contribution is -0.143. The van der Waals surface area contributed by atoms with Crippen molar-refractivity contribution in [1.82, 2.24) is 15.0 Å². The fraction of sp³-hybridized carbons (Fsp3) is 0.667. The van der Waals surface area contributed by atoms with Crippen molar-refractivity contribution in [2.45, 2.75) is 19.9 Å². The van der Waals surface area contributed by atoms with E-state index in [1.165, 1.54) is 0 Å². The highest BCUT2D eigenvalue weighted by Gasteiger charge is 2.19. The Morgan fingerprint density at radius 2 is 2.14 bits per heavy atom. The van der Waals surface area contributed by atoms with E-state index >= 15 is 0 Å². The van der Waals surface area contributed by atoms with Crippen molar-refractivity contribution in [1.29, 1.82) is 0 Å². The number of ether oxygens (including phenoxy) is 2. The first-order chi connectivity index (χ1) is 10.1. The van der Waals surface area contributed by atoms with Gasteiger partial charge in [0.05, 0.1) is 19.8 Å². The number of hydrogen-bond donors (Lipinski definition) is 1. The summed E-state index contributed by atoms with van der Waals surface area (Å²) in [6.07, 6.45) is 0. The van der Waals surface area contributed by atoms with Crippen molar-refractivity contribution in [3.05, 3.63) is 5.28 Å². The number of carbonyl (C=O) groups excluding carboxylic acids is 1. The minimum atomic E-state index is -0.569. The summed E-state index contributed by atoms with van der Waals surface area (Å²) in [6, 6.07) is -0.569. The van der Waals surface area contributed by atoms with Crippen LogP contribution in [0.4, 0.5) is 11.9 Å². The Bertz CT molecular complexity index is 496. The Morgan fingerprint density at radius 3 is 2.81 bits per heavy atom. The van der Waals surface area contributed by atoms with Crippen LogP contribution in [0.15, 0.2) is 0 Å². The number of nitrogens with one attached hydrogen (secondary N) is 1. The lowest BCUT2D eigenvalue weighted by atomic mass is 10.3. The largest absolute Gasteiger partial charge is 0.464 e. The summed E-state index contributed by atoms with van der Waals surface area (Å²) >= 11 is 5.92. The molecule has 1 aromatic heterocycles. The third kappa shape index (κ3) is 4.40. The summed E-state index contributed by atoms with van der Waals surface area (Å²) in [5.41, 5.74) is 0. The van der Waals surface area contributed by atoms with Gasteiger partial charge in [0.15, 0.2) is 0 Å². The van der Waals surface area contributed by atoms with Gasteiger partial charge in [-0.3, -0.25) is 0 Å². The molecule has 1 N–H and O–H groups in total. The molecule has 2 rings (SSSR count). The van der Waals surface area contributed by atoms with E-state index in [-0.39, 0.29) is 17.2 Å². The number of carbonyl (C=O) groups is 1. The van der Waals surface area contributed by atoms with Crippen molar-refractivity contribution in [3.63, 3.8) is 0 Å². The van der Waals surface area contributed by atoms with E-state index in [9.17, 15) is 4.79 Å². The van der Waals surface area contributed by atoms with Gasteiger partial charge in [0, 0.05) is 13.1 Å². The molecule has 1 saturated heterocycles. The van der Waals surface area contributed by atoms with Gasteiger partial charge in [-0.05, 0) is 25.4 Å². The van der Waals surface area contributed by atoms with Crippen LogP contribution in [0.3, 0.4) is 0 Å². The van der Waals surface area contributed by atoms with E-state index in [4.69, 9.17) is 21.1 Å². The third-order valence-electron chi connectivity index (χ3n) is 2.88. The summed E-state index contributed by atoms with van der Waals surface area (Å²) in [6.45, 7) is 6.35. The average Bonchev–Trinajstić information content (AvgIpc) is 2.47. The summed E-state index contributed by atoms with van der Waals surface area (Å²) in [5, 5.41) is 2.94. The Labute approximate surface area is 127 Å². The zero-order chi connectivity index (χ0) is 15.2. The quantitative estimate of drug-likeness (QED) is 0.795. The molecule has 0 bridgehead atoms. The van der Waals surface area contributed by atoms with E-state index in [0.29, 0.717) is 38.9 Å². The Balaban J connectivity index is 2.09. The SMILES string of the molecule is CCOC(=O)C(C)Nc1nc(Cl)nc(N2CCOCC2)n1. The highest BCUT2D eigenvalue weighted by molar-refractivity contribution is 6.28. The molecule has 2 heterocycles. The third-order valence-corrected chi connectivity index (χ3v) is 3.05. The monoisotopic (exact) mass is 315 g/mol. The fourth-order valence-corrected chi connectivity index (χ4v) is 1.98. The normalized spacial score (nSPS) is 16.4. The first-order valence-electron chi connectivity index (χ1n) is 6.77. The van der Waals surface area contributed by atoms with E-state index in [1.807, 2.05) is 4.90 Å². The van der Waals surface area contributed by atoms with Crippen molar-refractivity contribution in [2.24, 2.45) is 0 Å². The van der Waals surface area contributed by atoms with Crippen LogP contribution in [0.25, 0.3) is 0 Å². The molecule has 0 aliphatic carbocycles. The lowest BCUT2D eigenvalue weighted by Crippen LogP contribution is -2.37. The second-order valence-corrected chi connectivity index (χ2v) is 4.78.